The molecule has 0 spiro atoms. The molecule has 0 aliphatic heterocycles. The third kappa shape index (κ3) is 3.24. The minimum absolute atomic E-state index is 1.19. The fraction of sp³-hybridized carbons (Fsp3) is 0. The molecule has 0 amide bonds. The summed E-state index contributed by atoms with van der Waals surface area (Å²) in [7, 11) is 0. The van der Waals surface area contributed by atoms with Gasteiger partial charge in [-0.15, -0.1) is 11.3 Å². The molecule has 1 aliphatic carbocycles. The third-order valence-corrected chi connectivity index (χ3v) is 12.7. The van der Waals surface area contributed by atoms with Gasteiger partial charge >= 0.3 is 0 Å². The minimum atomic E-state index is 1.19. The molecule has 0 bridgehead atoms. The maximum absolute atomic E-state index is 2.52. The van der Waals surface area contributed by atoms with Crippen molar-refractivity contribution in [3.63, 3.8) is 0 Å². The second-order valence-electron chi connectivity index (χ2n) is 14.1. The summed E-state index contributed by atoms with van der Waals surface area (Å²) in [6.45, 7) is 0. The van der Waals surface area contributed by atoms with Crippen LogP contribution in [0.5, 0.6) is 0 Å². The first-order valence-corrected chi connectivity index (χ1v) is 18.4. The van der Waals surface area contributed by atoms with Gasteiger partial charge in [0, 0.05) is 63.9 Å². The first-order valence-electron chi connectivity index (χ1n) is 17.6. The molecule has 12 aromatic rings. The van der Waals surface area contributed by atoms with Crippen molar-refractivity contribution in [1.82, 2.24) is 9.13 Å². The number of hydrogen-bond acceptors (Lipinski definition) is 1. The zero-order valence-electron chi connectivity index (χ0n) is 27.3. The van der Waals surface area contributed by atoms with Crippen molar-refractivity contribution in [2.75, 3.05) is 0 Å². The predicted molar refractivity (Wildman–Crippen MR) is 220 cm³/mol. The van der Waals surface area contributed by atoms with E-state index in [1.165, 1.54) is 119 Å². The van der Waals surface area contributed by atoms with Crippen molar-refractivity contribution in [3.8, 4) is 22.5 Å². The summed E-state index contributed by atoms with van der Waals surface area (Å²) in [5, 5.41) is 15.8. The van der Waals surface area contributed by atoms with Crippen molar-refractivity contribution >= 4 is 107 Å². The lowest BCUT2D eigenvalue weighted by Gasteiger charge is -2.13. The van der Waals surface area contributed by atoms with E-state index >= 15 is 0 Å². The highest BCUT2D eigenvalue weighted by atomic mass is 32.1. The number of fused-ring (bicyclic) bond motifs is 7. The molecule has 3 heteroatoms. The lowest BCUT2D eigenvalue weighted by atomic mass is 9.94. The predicted octanol–water partition coefficient (Wildman–Crippen LogP) is 13.7. The summed E-state index contributed by atoms with van der Waals surface area (Å²) >= 11 is 1.89. The van der Waals surface area contributed by atoms with Crippen LogP contribution in [0.2, 0.25) is 0 Å². The molecule has 0 N–H and O–H groups in total. The largest absolute Gasteiger partial charge is 0.309 e. The average molecular weight is 663 g/mol. The number of thiophene rings is 1. The van der Waals surface area contributed by atoms with Crippen LogP contribution in [0.1, 0.15) is 0 Å². The second kappa shape index (κ2) is 9.22. The quantitative estimate of drug-likeness (QED) is 0.174. The molecular formula is C48H26N2S. The number of para-hydroxylation sites is 1. The Hall–Kier alpha value is -6.42. The van der Waals surface area contributed by atoms with E-state index in [0.29, 0.717) is 0 Å². The van der Waals surface area contributed by atoms with E-state index in [0.717, 1.165) is 0 Å². The minimum Gasteiger partial charge on any atom is -0.309 e. The number of hydrogen-bond donors (Lipinski definition) is 0. The summed E-state index contributed by atoms with van der Waals surface area (Å²) in [4.78, 5) is 0. The van der Waals surface area contributed by atoms with Crippen LogP contribution < -0.4 is 0 Å². The Morgan fingerprint density at radius 1 is 0.333 bits per heavy atom. The van der Waals surface area contributed by atoms with Crippen LogP contribution in [0.15, 0.2) is 158 Å². The molecule has 3 heterocycles. The average Bonchev–Trinajstić information content (AvgIpc) is 3.81. The Morgan fingerprint density at radius 3 is 1.90 bits per heavy atom. The second-order valence-corrected chi connectivity index (χ2v) is 15.2. The zero-order chi connectivity index (χ0) is 32.9. The topological polar surface area (TPSA) is 9.86 Å². The van der Waals surface area contributed by atoms with Gasteiger partial charge in [-0.1, -0.05) is 91.0 Å². The zero-order valence-corrected chi connectivity index (χ0v) is 28.1. The van der Waals surface area contributed by atoms with Crippen LogP contribution in [0.3, 0.4) is 0 Å². The molecule has 234 valence electrons. The van der Waals surface area contributed by atoms with Gasteiger partial charge in [-0.2, -0.15) is 0 Å². The van der Waals surface area contributed by atoms with E-state index in [1.807, 2.05) is 11.3 Å². The van der Waals surface area contributed by atoms with E-state index in [4.69, 9.17) is 0 Å². The summed E-state index contributed by atoms with van der Waals surface area (Å²) in [6.07, 6.45) is 0. The van der Waals surface area contributed by atoms with Gasteiger partial charge in [-0.25, -0.2) is 0 Å². The van der Waals surface area contributed by atoms with Crippen LogP contribution in [0, 0.1) is 0 Å². The van der Waals surface area contributed by atoms with Crippen LogP contribution in [-0.4, -0.2) is 9.13 Å². The van der Waals surface area contributed by atoms with E-state index < -0.39 is 0 Å². The maximum atomic E-state index is 2.52. The molecule has 1 aliphatic rings. The van der Waals surface area contributed by atoms with Crippen LogP contribution >= 0.6 is 11.3 Å². The highest BCUT2D eigenvalue weighted by Crippen LogP contribution is 2.53. The Morgan fingerprint density at radius 2 is 1.04 bits per heavy atom. The molecule has 3 aromatic heterocycles. The van der Waals surface area contributed by atoms with Crippen molar-refractivity contribution in [2.24, 2.45) is 0 Å². The Kier molecular flexibility index (Phi) is 4.78. The van der Waals surface area contributed by atoms with E-state index in [9.17, 15) is 0 Å². The van der Waals surface area contributed by atoms with Gasteiger partial charge in [-0.3, -0.25) is 0 Å². The van der Waals surface area contributed by atoms with Crippen molar-refractivity contribution in [3.05, 3.63) is 158 Å². The van der Waals surface area contributed by atoms with Gasteiger partial charge in [0.15, 0.2) is 0 Å². The van der Waals surface area contributed by atoms with Gasteiger partial charge in [0.2, 0.25) is 0 Å². The maximum Gasteiger partial charge on any atom is 0.0625 e. The SMILES string of the molecule is c1ccc(-n2c3ccc4ccc5c6c7c(cccc7n5-c5ccc7sc8cc9ccccc9cc8c7c5)-c5cc7ccccc7c2c5c3c46)cc1. The normalized spacial score (nSPS) is 12.7. The molecule has 0 fully saturated rings. The van der Waals surface area contributed by atoms with E-state index in [-0.39, 0.29) is 0 Å². The lowest BCUT2D eigenvalue weighted by Crippen LogP contribution is -1.95. The molecule has 51 heavy (non-hydrogen) atoms. The molecular weight excluding hydrogens is 637 g/mol. The molecule has 9 aromatic carbocycles. The van der Waals surface area contributed by atoms with Crippen molar-refractivity contribution in [1.29, 1.82) is 0 Å². The van der Waals surface area contributed by atoms with Crippen LogP contribution in [-0.2, 0) is 0 Å². The highest BCUT2D eigenvalue weighted by Gasteiger charge is 2.28. The van der Waals surface area contributed by atoms with Gasteiger partial charge < -0.3 is 9.13 Å². The molecule has 0 atom stereocenters. The summed E-state index contributed by atoms with van der Waals surface area (Å²) in [6, 6.07) is 59.1. The Labute approximate surface area is 295 Å². The van der Waals surface area contributed by atoms with Gasteiger partial charge in [-0.05, 0) is 99.4 Å². The van der Waals surface area contributed by atoms with E-state index in [2.05, 4.69) is 167 Å². The van der Waals surface area contributed by atoms with Crippen molar-refractivity contribution < 1.29 is 0 Å². The van der Waals surface area contributed by atoms with Gasteiger partial charge in [0.05, 0.1) is 22.1 Å². The van der Waals surface area contributed by atoms with Crippen LogP contribution in [0.4, 0.5) is 0 Å². The first-order chi connectivity index (χ1) is 25.3. The number of rotatable bonds is 2. The van der Waals surface area contributed by atoms with E-state index in [1.54, 1.807) is 0 Å². The first kappa shape index (κ1) is 26.4. The van der Waals surface area contributed by atoms with Gasteiger partial charge in [0.1, 0.15) is 0 Å². The number of nitrogens with zero attached hydrogens (tertiary/aromatic N) is 2. The molecule has 0 saturated carbocycles. The lowest BCUT2D eigenvalue weighted by molar-refractivity contribution is 1.19. The van der Waals surface area contributed by atoms with Gasteiger partial charge in [0.25, 0.3) is 0 Å². The third-order valence-electron chi connectivity index (χ3n) is 11.5. The number of aromatic nitrogens is 2. The molecule has 0 unspecified atom stereocenters. The Bertz CT molecular complexity index is 3520. The highest BCUT2D eigenvalue weighted by molar-refractivity contribution is 7.25. The molecule has 13 rings (SSSR count). The molecule has 2 nitrogen and oxygen atoms in total. The Balaban J connectivity index is 1.23. The standard InChI is InChI=1S/C48H26N2S/c1-2-12-31(13-3-1)50-40-21-18-27-17-20-39-46-43(27)47(40)45-37(24-30-11-6-7-14-33(30)48(45)50)34-15-8-16-38(44(34)46)49(39)32-19-22-41-36(26-32)35-23-28-9-4-5-10-29(28)25-42(35)51-41/h1-26H. The monoisotopic (exact) mass is 662 g/mol. The summed E-state index contributed by atoms with van der Waals surface area (Å²) in [5.74, 6) is 0. The fourth-order valence-corrected chi connectivity index (χ4v) is 10.6. The summed E-state index contributed by atoms with van der Waals surface area (Å²) < 4.78 is 7.69. The smallest absolute Gasteiger partial charge is 0.0625 e. The number of benzene rings is 9. The molecule has 0 saturated heterocycles. The van der Waals surface area contributed by atoms with Crippen LogP contribution in [0.25, 0.3) is 119 Å². The van der Waals surface area contributed by atoms with Crippen molar-refractivity contribution in [2.45, 2.75) is 0 Å². The fourth-order valence-electron chi connectivity index (χ4n) is 9.48. The molecule has 0 radical (unpaired) electrons. The summed E-state index contributed by atoms with van der Waals surface area (Å²) in [5.41, 5.74) is 10.0.